The minimum atomic E-state index is -0.364. The second-order valence-corrected chi connectivity index (χ2v) is 7.08. The highest BCUT2D eigenvalue weighted by Gasteiger charge is 2.28. The van der Waals surface area contributed by atoms with E-state index in [0.717, 1.165) is 17.3 Å². The van der Waals surface area contributed by atoms with Gasteiger partial charge in [-0.1, -0.05) is 32.8 Å². The first kappa shape index (κ1) is 15.9. The number of H-pyrrole nitrogens is 1. The molecule has 2 N–H and O–H groups in total. The number of carbonyl (C=O) groups excluding carboxylic acids is 1. The lowest BCUT2D eigenvalue weighted by Crippen LogP contribution is -2.44. The highest BCUT2D eigenvalue weighted by atomic mass is 16.6. The van der Waals surface area contributed by atoms with Gasteiger partial charge in [0.2, 0.25) is 5.88 Å². The van der Waals surface area contributed by atoms with Gasteiger partial charge in [-0.05, 0) is 49.3 Å². The van der Waals surface area contributed by atoms with Gasteiger partial charge < -0.3 is 15.0 Å². The lowest BCUT2D eigenvalue weighted by molar-refractivity contribution is 0.167. The Morgan fingerprint density at radius 3 is 2.78 bits per heavy atom. The van der Waals surface area contributed by atoms with E-state index in [1.165, 1.54) is 24.0 Å². The first-order valence-corrected chi connectivity index (χ1v) is 8.52. The van der Waals surface area contributed by atoms with Crippen molar-refractivity contribution in [2.75, 3.05) is 0 Å². The molecule has 0 bridgehead atoms. The smallest absolute Gasteiger partial charge is 0.393 e. The molecule has 4 nitrogen and oxygen atoms in total. The zero-order valence-electron chi connectivity index (χ0n) is 14.4. The van der Waals surface area contributed by atoms with E-state index in [2.05, 4.69) is 50.1 Å². The van der Waals surface area contributed by atoms with Crippen molar-refractivity contribution in [1.29, 1.82) is 0 Å². The van der Waals surface area contributed by atoms with Crippen LogP contribution in [-0.2, 0) is 0 Å². The molecule has 0 aliphatic heterocycles. The Morgan fingerprint density at radius 1 is 1.22 bits per heavy atom. The van der Waals surface area contributed by atoms with Gasteiger partial charge in [0.05, 0.1) is 0 Å². The number of benzene rings is 1. The Hall–Kier alpha value is -1.97. The van der Waals surface area contributed by atoms with Gasteiger partial charge in [0.25, 0.3) is 0 Å². The van der Waals surface area contributed by atoms with Gasteiger partial charge in [0, 0.05) is 23.0 Å². The highest BCUT2D eigenvalue weighted by Crippen LogP contribution is 2.30. The molecule has 1 fully saturated rings. The fourth-order valence-electron chi connectivity index (χ4n) is 3.70. The molecule has 1 aliphatic carbocycles. The molecule has 3 atom stereocenters. The van der Waals surface area contributed by atoms with E-state index < -0.39 is 0 Å². The maximum absolute atomic E-state index is 12.2. The largest absolute Gasteiger partial charge is 0.414 e. The first-order chi connectivity index (χ1) is 10.9. The number of rotatable bonds is 2. The summed E-state index contributed by atoms with van der Waals surface area (Å²) in [5.41, 5.74) is 3.38. The van der Waals surface area contributed by atoms with Crippen LogP contribution in [-0.4, -0.2) is 17.1 Å². The van der Waals surface area contributed by atoms with E-state index >= 15 is 0 Å². The van der Waals surface area contributed by atoms with Crippen LogP contribution in [0.15, 0.2) is 18.2 Å². The molecule has 1 heterocycles. The number of amides is 1. The van der Waals surface area contributed by atoms with Gasteiger partial charge in [-0.25, -0.2) is 4.79 Å². The van der Waals surface area contributed by atoms with Crippen molar-refractivity contribution in [3.05, 3.63) is 29.3 Å². The Bertz CT molecular complexity index is 719. The lowest BCUT2D eigenvalue weighted by Gasteiger charge is -2.34. The molecule has 23 heavy (non-hydrogen) atoms. The van der Waals surface area contributed by atoms with Crippen LogP contribution in [0.4, 0.5) is 4.79 Å². The topological polar surface area (TPSA) is 54.1 Å². The van der Waals surface area contributed by atoms with Crippen LogP contribution in [0.1, 0.15) is 44.2 Å². The standard InChI is InChI=1S/C19H26N2O2/c1-11-8-13(3)15-10-18(20-17(15)9-11)23-19(22)21-16-7-5-6-12(2)14(16)4/h8-10,12,14,16,20H,5-7H2,1-4H3,(H,21,22)/t12-,14-,16+/m1/s1. The normalized spacial score (nSPS) is 24.6. The molecule has 1 aromatic carbocycles. The quantitative estimate of drug-likeness (QED) is 0.844. The fourth-order valence-corrected chi connectivity index (χ4v) is 3.70. The lowest BCUT2D eigenvalue weighted by atomic mass is 9.78. The highest BCUT2D eigenvalue weighted by molar-refractivity contribution is 5.86. The minimum absolute atomic E-state index is 0.208. The molecule has 0 unspecified atom stereocenters. The van der Waals surface area contributed by atoms with Crippen molar-refractivity contribution in [1.82, 2.24) is 10.3 Å². The second kappa shape index (κ2) is 6.26. The number of aromatic amines is 1. The van der Waals surface area contributed by atoms with E-state index in [4.69, 9.17) is 4.74 Å². The van der Waals surface area contributed by atoms with Gasteiger partial charge >= 0.3 is 6.09 Å². The molecule has 0 radical (unpaired) electrons. The third kappa shape index (κ3) is 3.36. The monoisotopic (exact) mass is 314 g/mol. The number of fused-ring (bicyclic) bond motifs is 1. The Labute approximate surface area is 137 Å². The summed E-state index contributed by atoms with van der Waals surface area (Å²) in [6.07, 6.45) is 3.08. The van der Waals surface area contributed by atoms with Crippen molar-refractivity contribution in [3.8, 4) is 5.88 Å². The molecule has 1 amide bonds. The summed E-state index contributed by atoms with van der Waals surface area (Å²) in [4.78, 5) is 15.4. The third-order valence-electron chi connectivity index (χ3n) is 5.28. The Morgan fingerprint density at radius 2 is 2.00 bits per heavy atom. The fraction of sp³-hybridized carbons (Fsp3) is 0.526. The predicted molar refractivity (Wildman–Crippen MR) is 92.9 cm³/mol. The van der Waals surface area contributed by atoms with Crippen LogP contribution >= 0.6 is 0 Å². The van der Waals surface area contributed by atoms with E-state index in [-0.39, 0.29) is 12.1 Å². The van der Waals surface area contributed by atoms with Gasteiger partial charge in [0.15, 0.2) is 0 Å². The van der Waals surface area contributed by atoms with Crippen molar-refractivity contribution >= 4 is 17.0 Å². The molecule has 3 rings (SSSR count). The average Bonchev–Trinajstić information content (AvgIpc) is 2.86. The zero-order valence-corrected chi connectivity index (χ0v) is 14.4. The van der Waals surface area contributed by atoms with Crippen LogP contribution in [0, 0.1) is 25.7 Å². The predicted octanol–water partition coefficient (Wildman–Crippen LogP) is 4.70. The molecule has 4 heteroatoms. The summed E-state index contributed by atoms with van der Waals surface area (Å²) in [5.74, 6) is 1.64. The second-order valence-electron chi connectivity index (χ2n) is 7.08. The first-order valence-electron chi connectivity index (χ1n) is 8.52. The van der Waals surface area contributed by atoms with Crippen LogP contribution in [0.5, 0.6) is 5.88 Å². The minimum Gasteiger partial charge on any atom is -0.393 e. The van der Waals surface area contributed by atoms with Crippen LogP contribution in [0.3, 0.4) is 0 Å². The number of carbonyl (C=O) groups is 1. The van der Waals surface area contributed by atoms with Gasteiger partial charge in [0.1, 0.15) is 0 Å². The van der Waals surface area contributed by atoms with Crippen molar-refractivity contribution in [2.45, 2.75) is 53.0 Å². The van der Waals surface area contributed by atoms with Crippen LogP contribution < -0.4 is 10.1 Å². The number of hydrogen-bond acceptors (Lipinski definition) is 2. The van der Waals surface area contributed by atoms with Gasteiger partial charge in [-0.3, -0.25) is 0 Å². The molecular weight excluding hydrogens is 288 g/mol. The van der Waals surface area contributed by atoms with Crippen LogP contribution in [0.25, 0.3) is 10.9 Å². The molecule has 2 aromatic rings. The molecule has 124 valence electrons. The molecule has 1 aliphatic rings. The number of aromatic nitrogens is 1. The summed E-state index contributed by atoms with van der Waals surface area (Å²) in [6, 6.07) is 6.30. The number of aryl methyl sites for hydroxylation is 2. The van der Waals surface area contributed by atoms with E-state index in [1.54, 1.807) is 0 Å². The summed E-state index contributed by atoms with van der Waals surface area (Å²) in [5, 5.41) is 4.13. The maximum atomic E-state index is 12.2. The maximum Gasteiger partial charge on any atom is 0.414 e. The van der Waals surface area contributed by atoms with Crippen molar-refractivity contribution in [3.63, 3.8) is 0 Å². The van der Waals surface area contributed by atoms with Crippen LogP contribution in [0.2, 0.25) is 0 Å². The molecule has 1 saturated carbocycles. The van der Waals surface area contributed by atoms with E-state index in [0.29, 0.717) is 17.7 Å². The SMILES string of the molecule is Cc1cc(C)c2cc(OC(=O)N[C@H]3CCC[C@@H](C)[C@H]3C)[nH]c2c1. The van der Waals surface area contributed by atoms with Gasteiger partial charge in [-0.15, -0.1) is 0 Å². The van der Waals surface area contributed by atoms with Crippen molar-refractivity contribution in [2.24, 2.45) is 11.8 Å². The number of hydrogen-bond donors (Lipinski definition) is 2. The third-order valence-corrected chi connectivity index (χ3v) is 5.28. The number of ether oxygens (including phenoxy) is 1. The Balaban J connectivity index is 1.69. The average molecular weight is 314 g/mol. The molecule has 0 spiro atoms. The van der Waals surface area contributed by atoms with Gasteiger partial charge in [-0.2, -0.15) is 0 Å². The summed E-state index contributed by atoms with van der Waals surface area (Å²) in [6.45, 7) is 8.60. The zero-order chi connectivity index (χ0) is 16.6. The molecule has 1 aromatic heterocycles. The number of nitrogens with one attached hydrogen (secondary N) is 2. The van der Waals surface area contributed by atoms with E-state index in [9.17, 15) is 4.79 Å². The summed E-state index contributed by atoms with van der Waals surface area (Å²) >= 11 is 0. The molecule has 0 saturated heterocycles. The van der Waals surface area contributed by atoms with E-state index in [1.807, 2.05) is 6.07 Å². The Kier molecular flexibility index (Phi) is 4.33. The summed E-state index contributed by atoms with van der Waals surface area (Å²) in [7, 11) is 0. The van der Waals surface area contributed by atoms with Crippen molar-refractivity contribution < 1.29 is 9.53 Å². The summed E-state index contributed by atoms with van der Waals surface area (Å²) < 4.78 is 5.47. The molecular formula is C19H26N2O2.